The third kappa shape index (κ3) is 2.16. The molecule has 3 heteroatoms. The Bertz CT molecular complexity index is 539. The summed E-state index contributed by atoms with van der Waals surface area (Å²) in [5.74, 6) is 0.341. The first-order chi connectivity index (χ1) is 8.83. The first kappa shape index (κ1) is 11.1. The Morgan fingerprint density at radius 2 is 2.22 bits per heavy atom. The third-order valence-corrected chi connectivity index (χ3v) is 3.45. The number of phenols is 1. The van der Waals surface area contributed by atoms with E-state index in [-0.39, 0.29) is 6.04 Å². The van der Waals surface area contributed by atoms with Gasteiger partial charge in [-0.15, -0.1) is 0 Å². The van der Waals surface area contributed by atoms with Crippen molar-refractivity contribution in [1.82, 2.24) is 4.98 Å². The van der Waals surface area contributed by atoms with Gasteiger partial charge in [0.2, 0.25) is 0 Å². The Kier molecular flexibility index (Phi) is 2.89. The highest BCUT2D eigenvalue weighted by atomic mass is 16.3. The highest BCUT2D eigenvalue weighted by Gasteiger charge is 2.20. The van der Waals surface area contributed by atoms with Crippen LogP contribution in [0.15, 0.2) is 42.7 Å². The van der Waals surface area contributed by atoms with Crippen molar-refractivity contribution in [3.63, 3.8) is 0 Å². The molecule has 2 aromatic rings. The molecule has 0 fully saturated rings. The van der Waals surface area contributed by atoms with E-state index >= 15 is 0 Å². The van der Waals surface area contributed by atoms with Crippen LogP contribution in [0.25, 0.3) is 0 Å². The molecule has 0 aliphatic heterocycles. The SMILES string of the molecule is Oc1ccc2c(c1)C(Nc1cccnc1)CCC2. The normalized spacial score (nSPS) is 18.1. The third-order valence-electron chi connectivity index (χ3n) is 3.45. The van der Waals surface area contributed by atoms with Crippen LogP contribution in [0.5, 0.6) is 5.75 Å². The molecule has 92 valence electrons. The van der Waals surface area contributed by atoms with Gasteiger partial charge in [-0.1, -0.05) is 6.07 Å². The highest BCUT2D eigenvalue weighted by molar-refractivity contribution is 5.47. The highest BCUT2D eigenvalue weighted by Crippen LogP contribution is 2.34. The zero-order valence-corrected chi connectivity index (χ0v) is 10.1. The number of benzene rings is 1. The van der Waals surface area contributed by atoms with Crippen LogP contribution < -0.4 is 5.32 Å². The lowest BCUT2D eigenvalue weighted by Crippen LogP contribution is -2.17. The Labute approximate surface area is 107 Å². The molecule has 0 bridgehead atoms. The number of rotatable bonds is 2. The van der Waals surface area contributed by atoms with Crippen molar-refractivity contribution in [3.8, 4) is 5.75 Å². The number of nitrogens with zero attached hydrogens (tertiary/aromatic N) is 1. The van der Waals surface area contributed by atoms with Gasteiger partial charge in [0.05, 0.1) is 11.7 Å². The Morgan fingerprint density at radius 3 is 3.06 bits per heavy atom. The molecule has 1 aliphatic carbocycles. The fraction of sp³-hybridized carbons (Fsp3) is 0.267. The monoisotopic (exact) mass is 240 g/mol. The molecule has 1 unspecified atom stereocenters. The molecule has 3 rings (SSSR count). The van der Waals surface area contributed by atoms with Crippen molar-refractivity contribution in [1.29, 1.82) is 0 Å². The Morgan fingerprint density at radius 1 is 1.28 bits per heavy atom. The van der Waals surface area contributed by atoms with E-state index in [0.29, 0.717) is 5.75 Å². The number of aromatic hydroxyl groups is 1. The van der Waals surface area contributed by atoms with E-state index in [0.717, 1.165) is 18.5 Å². The largest absolute Gasteiger partial charge is 0.508 e. The van der Waals surface area contributed by atoms with Gasteiger partial charge in [0.15, 0.2) is 0 Å². The van der Waals surface area contributed by atoms with Gasteiger partial charge in [-0.2, -0.15) is 0 Å². The number of hydrogen-bond donors (Lipinski definition) is 2. The molecule has 1 heterocycles. The first-order valence-electron chi connectivity index (χ1n) is 6.31. The molecule has 0 saturated carbocycles. The second kappa shape index (κ2) is 4.69. The van der Waals surface area contributed by atoms with Crippen molar-refractivity contribution < 1.29 is 5.11 Å². The molecular formula is C15H16N2O. The molecule has 3 nitrogen and oxygen atoms in total. The molecule has 1 aromatic heterocycles. The van der Waals surface area contributed by atoms with Crippen LogP contribution in [0.2, 0.25) is 0 Å². The summed E-state index contributed by atoms with van der Waals surface area (Å²) in [6, 6.07) is 9.89. The maximum Gasteiger partial charge on any atom is 0.115 e. The van der Waals surface area contributed by atoms with E-state index in [1.54, 1.807) is 12.3 Å². The van der Waals surface area contributed by atoms with Gasteiger partial charge in [0.25, 0.3) is 0 Å². The molecule has 0 radical (unpaired) electrons. The van der Waals surface area contributed by atoms with Gasteiger partial charge >= 0.3 is 0 Å². The number of anilines is 1. The topological polar surface area (TPSA) is 45.1 Å². The minimum Gasteiger partial charge on any atom is -0.508 e. The summed E-state index contributed by atoms with van der Waals surface area (Å²) in [7, 11) is 0. The van der Waals surface area contributed by atoms with Crippen molar-refractivity contribution in [3.05, 3.63) is 53.9 Å². The van der Waals surface area contributed by atoms with Crippen molar-refractivity contribution in [2.75, 3.05) is 5.32 Å². The molecule has 0 saturated heterocycles. The predicted octanol–water partition coefficient (Wildman–Crippen LogP) is 3.28. The minimum absolute atomic E-state index is 0.269. The predicted molar refractivity (Wildman–Crippen MR) is 71.6 cm³/mol. The van der Waals surface area contributed by atoms with Crippen LogP contribution in [-0.4, -0.2) is 10.1 Å². The fourth-order valence-electron chi connectivity index (χ4n) is 2.59. The standard InChI is InChI=1S/C15H16N2O/c18-13-7-6-11-3-1-5-15(14(11)9-13)17-12-4-2-8-16-10-12/h2,4,6-10,15,17-18H,1,3,5H2. The summed E-state index contributed by atoms with van der Waals surface area (Å²) in [5.41, 5.74) is 3.57. The van der Waals surface area contributed by atoms with Crippen LogP contribution in [0.1, 0.15) is 30.0 Å². The summed E-state index contributed by atoms with van der Waals surface area (Å²) in [5, 5.41) is 13.1. The molecule has 1 aromatic carbocycles. The smallest absolute Gasteiger partial charge is 0.115 e. The summed E-state index contributed by atoms with van der Waals surface area (Å²) in [6.45, 7) is 0. The van der Waals surface area contributed by atoms with E-state index in [1.807, 2.05) is 30.5 Å². The Hall–Kier alpha value is -2.03. The number of aryl methyl sites for hydroxylation is 1. The van der Waals surface area contributed by atoms with Crippen LogP contribution in [-0.2, 0) is 6.42 Å². The van der Waals surface area contributed by atoms with Crippen molar-refractivity contribution in [2.45, 2.75) is 25.3 Å². The van der Waals surface area contributed by atoms with Gasteiger partial charge in [0, 0.05) is 12.4 Å². The van der Waals surface area contributed by atoms with Crippen LogP contribution in [0.4, 0.5) is 5.69 Å². The number of pyridine rings is 1. The maximum absolute atomic E-state index is 9.63. The summed E-state index contributed by atoms with van der Waals surface area (Å²) in [6.07, 6.45) is 6.96. The van der Waals surface area contributed by atoms with Crippen molar-refractivity contribution in [2.24, 2.45) is 0 Å². The molecule has 1 atom stereocenters. The number of fused-ring (bicyclic) bond motifs is 1. The number of hydrogen-bond acceptors (Lipinski definition) is 3. The molecule has 1 aliphatic rings. The average Bonchev–Trinajstić information content (AvgIpc) is 2.41. The quantitative estimate of drug-likeness (QED) is 0.846. The van der Waals surface area contributed by atoms with Gasteiger partial charge in [-0.25, -0.2) is 0 Å². The fourth-order valence-corrected chi connectivity index (χ4v) is 2.59. The van der Waals surface area contributed by atoms with Gasteiger partial charge < -0.3 is 10.4 Å². The molecular weight excluding hydrogens is 224 g/mol. The molecule has 18 heavy (non-hydrogen) atoms. The lowest BCUT2D eigenvalue weighted by molar-refractivity contribution is 0.471. The minimum atomic E-state index is 0.269. The lowest BCUT2D eigenvalue weighted by atomic mass is 9.87. The van der Waals surface area contributed by atoms with Crippen molar-refractivity contribution >= 4 is 5.69 Å². The van der Waals surface area contributed by atoms with E-state index in [4.69, 9.17) is 0 Å². The number of phenolic OH excluding ortho intramolecular Hbond substituents is 1. The number of nitrogens with one attached hydrogen (secondary N) is 1. The second-order valence-corrected chi connectivity index (χ2v) is 4.71. The lowest BCUT2D eigenvalue weighted by Gasteiger charge is -2.27. The molecule has 2 N–H and O–H groups in total. The van der Waals surface area contributed by atoms with Crippen LogP contribution >= 0.6 is 0 Å². The van der Waals surface area contributed by atoms with E-state index in [2.05, 4.69) is 10.3 Å². The Balaban J connectivity index is 1.89. The summed E-state index contributed by atoms with van der Waals surface area (Å²) >= 11 is 0. The van der Waals surface area contributed by atoms with Crippen LogP contribution in [0, 0.1) is 0 Å². The van der Waals surface area contributed by atoms with Gasteiger partial charge in [-0.3, -0.25) is 4.98 Å². The summed E-state index contributed by atoms with van der Waals surface area (Å²) < 4.78 is 0. The van der Waals surface area contributed by atoms with Gasteiger partial charge in [-0.05, 0) is 54.7 Å². The number of aromatic nitrogens is 1. The zero-order valence-electron chi connectivity index (χ0n) is 10.1. The van der Waals surface area contributed by atoms with Crippen LogP contribution in [0.3, 0.4) is 0 Å². The first-order valence-corrected chi connectivity index (χ1v) is 6.31. The molecule has 0 amide bonds. The molecule has 0 spiro atoms. The maximum atomic E-state index is 9.63. The summed E-state index contributed by atoms with van der Waals surface area (Å²) in [4.78, 5) is 4.11. The average molecular weight is 240 g/mol. The van der Waals surface area contributed by atoms with E-state index < -0.39 is 0 Å². The van der Waals surface area contributed by atoms with E-state index in [9.17, 15) is 5.11 Å². The second-order valence-electron chi connectivity index (χ2n) is 4.71. The zero-order chi connectivity index (χ0) is 12.4. The van der Waals surface area contributed by atoms with Gasteiger partial charge in [0.1, 0.15) is 5.75 Å². The van der Waals surface area contributed by atoms with E-state index in [1.165, 1.54) is 17.5 Å².